The number of nitrogens with one attached hydrogen (secondary N) is 2. The second-order valence-electron chi connectivity index (χ2n) is 4.45. The Morgan fingerprint density at radius 3 is 3.00 bits per heavy atom. The molecule has 1 aliphatic heterocycles. The summed E-state index contributed by atoms with van der Waals surface area (Å²) in [4.78, 5) is 12.0. The van der Waals surface area contributed by atoms with Crippen molar-refractivity contribution in [3.05, 3.63) is 28.2 Å². The van der Waals surface area contributed by atoms with Gasteiger partial charge in [-0.15, -0.1) is 0 Å². The molecule has 0 unspecified atom stereocenters. The van der Waals surface area contributed by atoms with Gasteiger partial charge in [-0.25, -0.2) is 0 Å². The quantitative estimate of drug-likeness (QED) is 0.881. The first-order valence-corrected chi connectivity index (χ1v) is 6.76. The smallest absolute Gasteiger partial charge is 0.241 e. The van der Waals surface area contributed by atoms with E-state index in [1.165, 1.54) is 6.42 Å². The Morgan fingerprint density at radius 1 is 1.47 bits per heavy atom. The Balaban J connectivity index is 2.04. The minimum atomic E-state index is -0.0397. The largest absolute Gasteiger partial charge is 0.324 e. The van der Waals surface area contributed by atoms with Crippen LogP contribution in [0.5, 0.6) is 0 Å². The summed E-state index contributed by atoms with van der Waals surface area (Å²) >= 11 is 3.42. The Kier molecular flexibility index (Phi) is 4.18. The fraction of sp³-hybridized carbons (Fsp3) is 0.462. The molecule has 17 heavy (non-hydrogen) atoms. The molecule has 92 valence electrons. The number of hydrogen-bond acceptors (Lipinski definition) is 2. The molecule has 1 fully saturated rings. The van der Waals surface area contributed by atoms with Crippen molar-refractivity contribution in [2.24, 2.45) is 0 Å². The van der Waals surface area contributed by atoms with Gasteiger partial charge in [0, 0.05) is 10.2 Å². The maximum atomic E-state index is 12.0. The van der Waals surface area contributed by atoms with Crippen LogP contribution in [0.2, 0.25) is 0 Å². The van der Waals surface area contributed by atoms with E-state index in [2.05, 4.69) is 26.6 Å². The number of hydrogen-bond donors (Lipinski definition) is 2. The molecular weight excluding hydrogens is 280 g/mol. The molecule has 1 heterocycles. The third-order valence-electron chi connectivity index (χ3n) is 3.08. The van der Waals surface area contributed by atoms with Crippen molar-refractivity contribution in [1.29, 1.82) is 0 Å². The fourth-order valence-corrected chi connectivity index (χ4v) is 2.39. The lowest BCUT2D eigenvalue weighted by Gasteiger charge is -2.23. The van der Waals surface area contributed by atoms with Crippen LogP contribution in [0.1, 0.15) is 24.8 Å². The lowest BCUT2D eigenvalue weighted by molar-refractivity contribution is -0.118. The molecule has 1 atom stereocenters. The van der Waals surface area contributed by atoms with E-state index in [0.717, 1.165) is 35.1 Å². The number of carbonyl (C=O) groups is 1. The predicted molar refractivity (Wildman–Crippen MR) is 73.2 cm³/mol. The van der Waals surface area contributed by atoms with Gasteiger partial charge in [-0.2, -0.15) is 0 Å². The highest BCUT2D eigenvalue weighted by Gasteiger charge is 2.20. The van der Waals surface area contributed by atoms with Crippen LogP contribution in [0.25, 0.3) is 0 Å². The Labute approximate surface area is 110 Å². The third-order valence-corrected chi connectivity index (χ3v) is 3.58. The van der Waals surface area contributed by atoms with Crippen molar-refractivity contribution in [2.75, 3.05) is 11.9 Å². The summed E-state index contributed by atoms with van der Waals surface area (Å²) < 4.78 is 0.981. The van der Waals surface area contributed by atoms with E-state index in [9.17, 15) is 4.79 Å². The summed E-state index contributed by atoms with van der Waals surface area (Å²) in [5.74, 6) is 0.0749. The molecule has 1 amide bonds. The summed E-state index contributed by atoms with van der Waals surface area (Å²) in [6, 6.07) is 5.87. The number of benzene rings is 1. The van der Waals surface area contributed by atoms with Gasteiger partial charge in [0.15, 0.2) is 0 Å². The second-order valence-corrected chi connectivity index (χ2v) is 5.37. The van der Waals surface area contributed by atoms with Crippen LogP contribution >= 0.6 is 15.9 Å². The van der Waals surface area contributed by atoms with Crippen LogP contribution in [0, 0.1) is 6.92 Å². The van der Waals surface area contributed by atoms with Crippen LogP contribution in [0.15, 0.2) is 22.7 Å². The maximum Gasteiger partial charge on any atom is 0.241 e. The molecule has 0 aliphatic carbocycles. The monoisotopic (exact) mass is 296 g/mol. The van der Waals surface area contributed by atoms with Gasteiger partial charge >= 0.3 is 0 Å². The summed E-state index contributed by atoms with van der Waals surface area (Å²) in [6.07, 6.45) is 3.22. The van der Waals surface area contributed by atoms with Crippen LogP contribution in [0.4, 0.5) is 5.69 Å². The molecular formula is C13H17BrN2O. The molecule has 1 saturated heterocycles. The van der Waals surface area contributed by atoms with Gasteiger partial charge in [0.05, 0.1) is 6.04 Å². The van der Waals surface area contributed by atoms with E-state index in [4.69, 9.17) is 0 Å². The first kappa shape index (κ1) is 12.6. The Hall–Kier alpha value is -0.870. The number of anilines is 1. The van der Waals surface area contributed by atoms with Gasteiger partial charge in [0.1, 0.15) is 0 Å². The van der Waals surface area contributed by atoms with Crippen LogP contribution in [-0.4, -0.2) is 18.5 Å². The third kappa shape index (κ3) is 3.30. The number of amides is 1. The molecule has 3 nitrogen and oxygen atoms in total. The zero-order valence-electron chi connectivity index (χ0n) is 9.92. The van der Waals surface area contributed by atoms with Gasteiger partial charge < -0.3 is 10.6 Å². The van der Waals surface area contributed by atoms with Crippen molar-refractivity contribution >= 4 is 27.5 Å². The minimum Gasteiger partial charge on any atom is -0.324 e. The molecule has 0 radical (unpaired) electrons. The molecule has 4 heteroatoms. The molecule has 1 aromatic carbocycles. The van der Waals surface area contributed by atoms with Gasteiger partial charge in [0.2, 0.25) is 5.91 Å². The molecule has 0 spiro atoms. The highest BCUT2D eigenvalue weighted by molar-refractivity contribution is 9.10. The van der Waals surface area contributed by atoms with Gasteiger partial charge in [-0.05, 0) is 44.0 Å². The van der Waals surface area contributed by atoms with E-state index in [1.54, 1.807) is 0 Å². The zero-order valence-corrected chi connectivity index (χ0v) is 11.5. The van der Waals surface area contributed by atoms with E-state index < -0.39 is 0 Å². The number of aryl methyl sites for hydroxylation is 1. The number of carbonyl (C=O) groups excluding carboxylic acids is 1. The lowest BCUT2D eigenvalue weighted by Crippen LogP contribution is -2.43. The molecule has 2 N–H and O–H groups in total. The van der Waals surface area contributed by atoms with Crippen molar-refractivity contribution in [3.63, 3.8) is 0 Å². The van der Waals surface area contributed by atoms with Crippen molar-refractivity contribution in [3.8, 4) is 0 Å². The first-order valence-electron chi connectivity index (χ1n) is 5.97. The lowest BCUT2D eigenvalue weighted by atomic mass is 10.0. The summed E-state index contributed by atoms with van der Waals surface area (Å²) in [5.41, 5.74) is 1.97. The highest BCUT2D eigenvalue weighted by atomic mass is 79.9. The summed E-state index contributed by atoms with van der Waals surface area (Å²) in [7, 11) is 0. The standard InChI is InChI=1S/C13H17BrN2O/c1-9-5-6-10(14)8-12(9)16-13(17)11-4-2-3-7-15-11/h5-6,8,11,15H,2-4,7H2,1H3,(H,16,17)/t11-/m1/s1. The summed E-state index contributed by atoms with van der Waals surface area (Å²) in [6.45, 7) is 2.94. The normalized spacial score (nSPS) is 20.0. The topological polar surface area (TPSA) is 41.1 Å². The molecule has 0 saturated carbocycles. The molecule has 2 rings (SSSR count). The zero-order chi connectivity index (χ0) is 12.3. The molecule has 1 aliphatic rings. The van der Waals surface area contributed by atoms with Gasteiger partial charge in [-0.3, -0.25) is 4.79 Å². The molecule has 0 bridgehead atoms. The van der Waals surface area contributed by atoms with E-state index >= 15 is 0 Å². The van der Waals surface area contributed by atoms with E-state index in [-0.39, 0.29) is 11.9 Å². The SMILES string of the molecule is Cc1ccc(Br)cc1NC(=O)[C@H]1CCCCN1. The Morgan fingerprint density at radius 2 is 2.29 bits per heavy atom. The fourth-order valence-electron chi connectivity index (χ4n) is 2.02. The van der Waals surface area contributed by atoms with Crippen LogP contribution in [-0.2, 0) is 4.79 Å². The van der Waals surface area contributed by atoms with Gasteiger partial charge in [-0.1, -0.05) is 28.4 Å². The van der Waals surface area contributed by atoms with Crippen LogP contribution < -0.4 is 10.6 Å². The van der Waals surface area contributed by atoms with Crippen LogP contribution in [0.3, 0.4) is 0 Å². The molecule has 1 aromatic rings. The number of piperidine rings is 1. The first-order chi connectivity index (χ1) is 8.16. The molecule has 0 aromatic heterocycles. The van der Waals surface area contributed by atoms with Gasteiger partial charge in [0.25, 0.3) is 0 Å². The number of rotatable bonds is 2. The van der Waals surface area contributed by atoms with E-state index in [0.29, 0.717) is 0 Å². The Bertz CT molecular complexity index is 414. The minimum absolute atomic E-state index is 0.0397. The average molecular weight is 297 g/mol. The number of halogens is 1. The average Bonchev–Trinajstić information content (AvgIpc) is 2.35. The maximum absolute atomic E-state index is 12.0. The highest BCUT2D eigenvalue weighted by Crippen LogP contribution is 2.21. The van der Waals surface area contributed by atoms with E-state index in [1.807, 2.05) is 25.1 Å². The van der Waals surface area contributed by atoms with Crippen molar-refractivity contribution in [1.82, 2.24) is 5.32 Å². The second kappa shape index (κ2) is 5.65. The summed E-state index contributed by atoms with van der Waals surface area (Å²) in [5, 5.41) is 6.24. The van der Waals surface area contributed by atoms with Crippen molar-refractivity contribution in [2.45, 2.75) is 32.2 Å². The van der Waals surface area contributed by atoms with Crippen molar-refractivity contribution < 1.29 is 4.79 Å². The predicted octanol–water partition coefficient (Wildman–Crippen LogP) is 2.84.